The second-order valence-electron chi connectivity index (χ2n) is 2.54. The molecule has 1 aromatic carbocycles. The van der Waals surface area contributed by atoms with Crippen molar-refractivity contribution >= 4 is 11.5 Å². The highest BCUT2D eigenvalue weighted by Crippen LogP contribution is 2.14. The van der Waals surface area contributed by atoms with Crippen molar-refractivity contribution in [3.8, 4) is 0 Å². The van der Waals surface area contributed by atoms with Crippen molar-refractivity contribution in [1.82, 2.24) is 0 Å². The lowest BCUT2D eigenvalue weighted by molar-refractivity contribution is -0.133. The number of rotatable bonds is 3. The van der Waals surface area contributed by atoms with Crippen LogP contribution in [0.15, 0.2) is 30.5 Å². The predicted molar refractivity (Wildman–Crippen MR) is 52.3 cm³/mol. The lowest BCUT2D eigenvalue weighted by Crippen LogP contribution is -2.04. The van der Waals surface area contributed by atoms with Crippen LogP contribution in [0.1, 0.15) is 5.56 Å². The van der Waals surface area contributed by atoms with E-state index in [4.69, 9.17) is 4.74 Å². The Bertz CT molecular complexity index is 328. The molecule has 0 saturated carbocycles. The molecule has 3 heteroatoms. The van der Waals surface area contributed by atoms with Crippen LogP contribution in [-0.4, -0.2) is 20.2 Å². The Labute approximate surface area is 83.0 Å². The van der Waals surface area contributed by atoms with Crippen LogP contribution in [0, 0.1) is 6.07 Å². The highest BCUT2D eigenvalue weighted by Gasteiger charge is 2.12. The minimum Gasteiger partial charge on any atom is -0.503 e. The monoisotopic (exact) mass is 191 g/mol. The van der Waals surface area contributed by atoms with Crippen molar-refractivity contribution in [2.75, 3.05) is 14.2 Å². The van der Waals surface area contributed by atoms with Gasteiger partial charge < -0.3 is 9.47 Å². The summed E-state index contributed by atoms with van der Waals surface area (Å²) in [4.78, 5) is 11.3. The molecule has 3 nitrogen and oxygen atoms in total. The van der Waals surface area contributed by atoms with Gasteiger partial charge in [0.2, 0.25) is 0 Å². The van der Waals surface area contributed by atoms with E-state index in [1.165, 1.54) is 20.5 Å². The molecule has 1 rings (SSSR count). The van der Waals surface area contributed by atoms with Crippen LogP contribution >= 0.6 is 0 Å². The number of hydrogen-bond donors (Lipinski definition) is 0. The minimum absolute atomic E-state index is 0.357. The van der Waals surface area contributed by atoms with Crippen molar-refractivity contribution in [3.63, 3.8) is 0 Å². The molecule has 0 unspecified atom stereocenters. The Morgan fingerprint density at radius 3 is 2.71 bits per heavy atom. The number of ether oxygens (including phenoxy) is 2. The molecular formula is C11H11O3. The van der Waals surface area contributed by atoms with Gasteiger partial charge in [-0.05, 0) is 11.6 Å². The van der Waals surface area contributed by atoms with Crippen molar-refractivity contribution < 1.29 is 14.3 Å². The summed E-state index contributed by atoms with van der Waals surface area (Å²) >= 11 is 0. The topological polar surface area (TPSA) is 35.5 Å². The van der Waals surface area contributed by atoms with Gasteiger partial charge in [0.05, 0.1) is 20.5 Å². The normalized spacial score (nSPS) is 10.9. The molecule has 0 N–H and O–H groups in total. The van der Waals surface area contributed by atoms with Crippen LogP contribution in [-0.2, 0) is 14.3 Å². The summed E-state index contributed by atoms with van der Waals surface area (Å²) in [5.74, 6) is -0.436. The summed E-state index contributed by atoms with van der Waals surface area (Å²) < 4.78 is 9.41. The average Bonchev–Trinajstić information content (AvgIpc) is 2.26. The van der Waals surface area contributed by atoms with Gasteiger partial charge in [0.15, 0.2) is 0 Å². The molecule has 0 heterocycles. The number of carbonyl (C=O) groups is 1. The summed E-state index contributed by atoms with van der Waals surface area (Å²) in [6.07, 6.45) is 1.34. The van der Waals surface area contributed by atoms with Gasteiger partial charge >= 0.3 is 5.97 Å². The Morgan fingerprint density at radius 1 is 1.43 bits per heavy atom. The zero-order valence-electron chi connectivity index (χ0n) is 8.11. The van der Waals surface area contributed by atoms with E-state index in [0.717, 1.165) is 0 Å². The molecule has 0 fully saturated rings. The Balaban J connectivity index is 3.02. The maximum Gasteiger partial charge on any atom is 0.341 e. The van der Waals surface area contributed by atoms with E-state index in [2.05, 4.69) is 10.8 Å². The number of hydrogen-bond acceptors (Lipinski definition) is 3. The first-order chi connectivity index (χ1) is 6.79. The molecule has 1 radical (unpaired) electrons. The van der Waals surface area contributed by atoms with Crippen LogP contribution in [0.3, 0.4) is 0 Å². The highest BCUT2D eigenvalue weighted by atomic mass is 16.5. The lowest BCUT2D eigenvalue weighted by Gasteiger charge is -2.03. The van der Waals surface area contributed by atoms with E-state index in [-0.39, 0.29) is 0 Å². The third kappa shape index (κ3) is 2.36. The standard InChI is InChI=1S/C11H11O3/c1-13-8-10(11(12)14-2)9-6-4-3-5-7-9/h3-6,8H,1-2H3/b10-8-. The number of methoxy groups -OCH3 is 2. The molecule has 73 valence electrons. The van der Waals surface area contributed by atoms with E-state index < -0.39 is 5.97 Å². The minimum atomic E-state index is -0.436. The van der Waals surface area contributed by atoms with Gasteiger partial charge in [0.25, 0.3) is 0 Å². The molecule has 0 amide bonds. The van der Waals surface area contributed by atoms with E-state index in [0.29, 0.717) is 11.1 Å². The molecule has 0 atom stereocenters. The molecule has 1 aromatic rings. The third-order valence-corrected chi connectivity index (χ3v) is 1.64. The third-order valence-electron chi connectivity index (χ3n) is 1.64. The van der Waals surface area contributed by atoms with Crippen LogP contribution in [0.5, 0.6) is 0 Å². The van der Waals surface area contributed by atoms with Crippen molar-refractivity contribution in [2.24, 2.45) is 0 Å². The molecule has 14 heavy (non-hydrogen) atoms. The Morgan fingerprint density at radius 2 is 2.21 bits per heavy atom. The largest absolute Gasteiger partial charge is 0.503 e. The smallest absolute Gasteiger partial charge is 0.341 e. The van der Waals surface area contributed by atoms with E-state index in [9.17, 15) is 4.79 Å². The van der Waals surface area contributed by atoms with Gasteiger partial charge in [-0.25, -0.2) is 4.79 Å². The zero-order valence-corrected chi connectivity index (χ0v) is 8.11. The maximum absolute atomic E-state index is 11.3. The van der Waals surface area contributed by atoms with Gasteiger partial charge in [-0.15, -0.1) is 0 Å². The second-order valence-corrected chi connectivity index (χ2v) is 2.54. The van der Waals surface area contributed by atoms with Crippen LogP contribution in [0.2, 0.25) is 0 Å². The first kappa shape index (κ1) is 10.3. The summed E-state index contributed by atoms with van der Waals surface area (Å²) in [6.45, 7) is 0. The average molecular weight is 191 g/mol. The van der Waals surface area contributed by atoms with E-state index >= 15 is 0 Å². The zero-order chi connectivity index (χ0) is 10.4. The molecule has 0 saturated heterocycles. The quantitative estimate of drug-likeness (QED) is 0.414. The SMILES string of the molecule is CO/C=C(\C(=O)OC)c1[c]cccc1. The van der Waals surface area contributed by atoms with Crippen molar-refractivity contribution in [1.29, 1.82) is 0 Å². The van der Waals surface area contributed by atoms with Crippen LogP contribution in [0.4, 0.5) is 0 Å². The fourth-order valence-corrected chi connectivity index (χ4v) is 1.01. The van der Waals surface area contributed by atoms with Crippen LogP contribution < -0.4 is 0 Å². The number of benzene rings is 1. The van der Waals surface area contributed by atoms with Gasteiger partial charge in [-0.2, -0.15) is 0 Å². The summed E-state index contributed by atoms with van der Waals surface area (Å²) in [6, 6.07) is 10.1. The number of carbonyl (C=O) groups excluding carboxylic acids is 1. The molecular weight excluding hydrogens is 180 g/mol. The van der Waals surface area contributed by atoms with Gasteiger partial charge in [0, 0.05) is 0 Å². The highest BCUT2D eigenvalue weighted by molar-refractivity contribution is 6.15. The molecule has 0 aliphatic carbocycles. The Hall–Kier alpha value is -1.77. The molecule has 0 aliphatic rings. The molecule has 0 bridgehead atoms. The van der Waals surface area contributed by atoms with Gasteiger partial charge in [0.1, 0.15) is 5.57 Å². The van der Waals surface area contributed by atoms with Crippen molar-refractivity contribution in [3.05, 3.63) is 42.2 Å². The first-order valence-electron chi connectivity index (χ1n) is 4.08. The lowest BCUT2D eigenvalue weighted by atomic mass is 10.1. The van der Waals surface area contributed by atoms with Crippen LogP contribution in [0.25, 0.3) is 5.57 Å². The van der Waals surface area contributed by atoms with Crippen molar-refractivity contribution in [2.45, 2.75) is 0 Å². The predicted octanol–water partition coefficient (Wildman–Crippen LogP) is 1.65. The molecule has 0 aliphatic heterocycles. The maximum atomic E-state index is 11.3. The first-order valence-corrected chi connectivity index (χ1v) is 4.08. The van der Waals surface area contributed by atoms with Gasteiger partial charge in [-0.3, -0.25) is 0 Å². The molecule has 0 aromatic heterocycles. The second kappa shape index (κ2) is 5.07. The van der Waals surface area contributed by atoms with Gasteiger partial charge in [-0.1, -0.05) is 24.3 Å². The summed E-state index contributed by atoms with van der Waals surface area (Å²) in [5.41, 5.74) is 1.01. The Kier molecular flexibility index (Phi) is 3.73. The fourth-order valence-electron chi connectivity index (χ4n) is 1.01. The molecule has 0 spiro atoms. The van der Waals surface area contributed by atoms with E-state index in [1.807, 2.05) is 12.1 Å². The number of esters is 1. The fraction of sp³-hybridized carbons (Fsp3) is 0.182. The van der Waals surface area contributed by atoms with E-state index in [1.54, 1.807) is 12.1 Å². The summed E-state index contributed by atoms with van der Waals surface area (Å²) in [5, 5.41) is 0. The summed E-state index contributed by atoms with van der Waals surface area (Å²) in [7, 11) is 2.81.